The Morgan fingerprint density at radius 2 is 2.09 bits per heavy atom. The Morgan fingerprint density at radius 3 is 2.77 bits per heavy atom. The summed E-state index contributed by atoms with van der Waals surface area (Å²) in [6.45, 7) is 4.23. The molecule has 1 aromatic rings. The highest BCUT2D eigenvalue weighted by molar-refractivity contribution is 5.77. The molecule has 0 unspecified atom stereocenters. The van der Waals surface area contributed by atoms with Crippen molar-refractivity contribution in [1.29, 1.82) is 0 Å². The Balaban J connectivity index is 1.82. The second-order valence-electron chi connectivity index (χ2n) is 6.33. The van der Waals surface area contributed by atoms with Gasteiger partial charge in [0.2, 0.25) is 0 Å². The third-order valence-corrected chi connectivity index (χ3v) is 4.57. The van der Waals surface area contributed by atoms with Gasteiger partial charge in [-0.05, 0) is 37.8 Å². The van der Waals surface area contributed by atoms with Crippen LogP contribution < -0.4 is 10.6 Å². The van der Waals surface area contributed by atoms with Crippen LogP contribution in [0.25, 0.3) is 0 Å². The van der Waals surface area contributed by atoms with E-state index in [4.69, 9.17) is 0 Å². The Labute approximate surface area is 130 Å². The lowest BCUT2D eigenvalue weighted by molar-refractivity contribution is -0.682. The van der Waals surface area contributed by atoms with Crippen molar-refractivity contribution >= 4 is 5.91 Å². The van der Waals surface area contributed by atoms with E-state index in [-0.39, 0.29) is 24.5 Å². The number of halogens is 2. The zero-order chi connectivity index (χ0) is 16.1. The fourth-order valence-electron chi connectivity index (χ4n) is 3.08. The average Bonchev–Trinajstić information content (AvgIpc) is 2.47. The van der Waals surface area contributed by atoms with Crippen LogP contribution in [-0.4, -0.2) is 18.5 Å². The Bertz CT molecular complexity index is 521. The summed E-state index contributed by atoms with van der Waals surface area (Å²) in [5, 5.41) is 4.85. The van der Waals surface area contributed by atoms with Crippen LogP contribution in [0.1, 0.15) is 51.1 Å². The second-order valence-corrected chi connectivity index (χ2v) is 6.33. The van der Waals surface area contributed by atoms with E-state index in [2.05, 4.69) is 12.2 Å². The number of nitrogens with two attached hydrogens (primary N) is 1. The number of hydrogen-bond donors (Lipinski definition) is 2. The molecule has 3 N–H and O–H groups in total. The minimum Gasteiger partial charge on any atom is -0.348 e. The van der Waals surface area contributed by atoms with E-state index in [1.54, 1.807) is 5.32 Å². The number of benzene rings is 1. The van der Waals surface area contributed by atoms with Crippen molar-refractivity contribution in [2.24, 2.45) is 5.92 Å². The molecule has 1 aromatic carbocycles. The van der Waals surface area contributed by atoms with Gasteiger partial charge in [0, 0.05) is 17.7 Å². The normalized spacial score (nSPS) is 23.1. The molecule has 2 rings (SSSR count). The van der Waals surface area contributed by atoms with Crippen LogP contribution in [0, 0.1) is 17.6 Å². The predicted octanol–water partition coefficient (Wildman–Crippen LogP) is 2.28. The molecule has 22 heavy (non-hydrogen) atoms. The van der Waals surface area contributed by atoms with Crippen LogP contribution in [-0.2, 0) is 4.79 Å². The minimum atomic E-state index is -0.586. The number of quaternary nitrogens is 1. The van der Waals surface area contributed by atoms with Crippen LogP contribution in [0.15, 0.2) is 18.2 Å². The second kappa shape index (κ2) is 7.68. The van der Waals surface area contributed by atoms with Gasteiger partial charge >= 0.3 is 0 Å². The lowest BCUT2D eigenvalue weighted by Crippen LogP contribution is -2.87. The summed E-state index contributed by atoms with van der Waals surface area (Å²) in [5.74, 6) is -0.652. The predicted molar refractivity (Wildman–Crippen MR) is 81.1 cm³/mol. The van der Waals surface area contributed by atoms with Gasteiger partial charge in [-0.1, -0.05) is 19.8 Å². The average molecular weight is 311 g/mol. The van der Waals surface area contributed by atoms with Crippen molar-refractivity contribution in [1.82, 2.24) is 5.32 Å². The topological polar surface area (TPSA) is 45.7 Å². The van der Waals surface area contributed by atoms with Crippen molar-refractivity contribution in [2.75, 3.05) is 6.54 Å². The number of amides is 1. The third-order valence-electron chi connectivity index (χ3n) is 4.57. The zero-order valence-electron chi connectivity index (χ0n) is 13.2. The molecule has 0 saturated heterocycles. The first-order chi connectivity index (χ1) is 10.5. The molecule has 3 nitrogen and oxygen atoms in total. The summed E-state index contributed by atoms with van der Waals surface area (Å²) in [4.78, 5) is 12.0. The smallest absolute Gasteiger partial charge is 0.275 e. The van der Waals surface area contributed by atoms with E-state index in [0.29, 0.717) is 11.5 Å². The maximum Gasteiger partial charge on any atom is 0.275 e. The molecule has 3 atom stereocenters. The molecule has 0 spiro atoms. The van der Waals surface area contributed by atoms with Gasteiger partial charge in [0.1, 0.15) is 17.7 Å². The Kier molecular flexibility index (Phi) is 5.89. The lowest BCUT2D eigenvalue weighted by atomic mass is 9.86. The molecule has 1 amide bonds. The maximum atomic E-state index is 13.7. The number of carbonyl (C=O) groups is 1. The van der Waals surface area contributed by atoms with Crippen molar-refractivity contribution in [2.45, 2.75) is 51.6 Å². The fraction of sp³-hybridized carbons (Fsp3) is 0.588. The van der Waals surface area contributed by atoms with Gasteiger partial charge in [0.25, 0.3) is 5.91 Å². The first-order valence-corrected chi connectivity index (χ1v) is 8.05. The van der Waals surface area contributed by atoms with E-state index in [1.807, 2.05) is 6.92 Å². The largest absolute Gasteiger partial charge is 0.348 e. The van der Waals surface area contributed by atoms with E-state index in [1.165, 1.54) is 18.6 Å². The molecule has 0 radical (unpaired) electrons. The standard InChI is InChI=1S/C17H24F2N2O/c1-11-5-3-4-6-16(11)21-17(22)10-20-12(2)14-8-7-13(18)9-15(14)19/h7-9,11-12,16,20H,3-6,10H2,1-2H3,(H,21,22)/p+1/t11-,12+,16-/m1/s1. The van der Waals surface area contributed by atoms with Gasteiger partial charge in [-0.2, -0.15) is 0 Å². The first kappa shape index (κ1) is 16.9. The molecule has 1 aliphatic rings. The Hall–Kier alpha value is -1.49. The first-order valence-electron chi connectivity index (χ1n) is 8.05. The molecular formula is C17H25F2N2O+. The maximum absolute atomic E-state index is 13.7. The van der Waals surface area contributed by atoms with Gasteiger partial charge in [0.15, 0.2) is 6.54 Å². The number of rotatable bonds is 5. The van der Waals surface area contributed by atoms with Gasteiger partial charge < -0.3 is 10.6 Å². The summed E-state index contributed by atoms with van der Waals surface area (Å²) < 4.78 is 26.6. The molecule has 5 heteroatoms. The molecule has 0 heterocycles. The van der Waals surface area contributed by atoms with Gasteiger partial charge in [-0.15, -0.1) is 0 Å². The van der Waals surface area contributed by atoms with Gasteiger partial charge in [-0.3, -0.25) is 4.79 Å². The number of nitrogens with one attached hydrogen (secondary N) is 1. The lowest BCUT2D eigenvalue weighted by Gasteiger charge is -2.29. The highest BCUT2D eigenvalue weighted by Gasteiger charge is 2.23. The van der Waals surface area contributed by atoms with Crippen LogP contribution in [0.4, 0.5) is 8.78 Å². The highest BCUT2D eigenvalue weighted by Crippen LogP contribution is 2.23. The fourth-order valence-corrected chi connectivity index (χ4v) is 3.08. The Morgan fingerprint density at radius 1 is 1.36 bits per heavy atom. The summed E-state index contributed by atoms with van der Waals surface area (Å²) in [5.41, 5.74) is 0.417. The van der Waals surface area contributed by atoms with E-state index in [9.17, 15) is 13.6 Å². The van der Waals surface area contributed by atoms with Gasteiger partial charge in [-0.25, -0.2) is 8.78 Å². The zero-order valence-corrected chi connectivity index (χ0v) is 13.2. The number of carbonyl (C=O) groups excluding carboxylic acids is 1. The van der Waals surface area contributed by atoms with Gasteiger partial charge in [0.05, 0.1) is 0 Å². The molecule has 0 aromatic heterocycles. The molecule has 0 aliphatic heterocycles. The van der Waals surface area contributed by atoms with Crippen molar-refractivity contribution in [3.8, 4) is 0 Å². The molecular weight excluding hydrogens is 286 g/mol. The summed E-state index contributed by atoms with van der Waals surface area (Å²) in [7, 11) is 0. The van der Waals surface area contributed by atoms with Crippen LogP contribution in [0.3, 0.4) is 0 Å². The summed E-state index contributed by atoms with van der Waals surface area (Å²) >= 11 is 0. The van der Waals surface area contributed by atoms with E-state index < -0.39 is 11.6 Å². The van der Waals surface area contributed by atoms with Crippen molar-refractivity contribution in [3.63, 3.8) is 0 Å². The van der Waals surface area contributed by atoms with Crippen LogP contribution in [0.2, 0.25) is 0 Å². The molecule has 1 fully saturated rings. The van der Waals surface area contributed by atoms with Crippen molar-refractivity contribution < 1.29 is 18.9 Å². The monoisotopic (exact) mass is 311 g/mol. The number of hydrogen-bond acceptors (Lipinski definition) is 1. The van der Waals surface area contributed by atoms with Crippen LogP contribution >= 0.6 is 0 Å². The highest BCUT2D eigenvalue weighted by atomic mass is 19.1. The molecule has 0 bridgehead atoms. The molecule has 1 saturated carbocycles. The SMILES string of the molecule is C[C@H]([NH2+]CC(=O)N[C@@H]1CCCC[C@H]1C)c1ccc(F)cc1F. The van der Waals surface area contributed by atoms with E-state index >= 15 is 0 Å². The summed E-state index contributed by atoms with van der Waals surface area (Å²) in [6.07, 6.45) is 4.59. The quantitative estimate of drug-likeness (QED) is 0.861. The minimum absolute atomic E-state index is 0.0203. The van der Waals surface area contributed by atoms with Crippen molar-refractivity contribution in [3.05, 3.63) is 35.4 Å². The summed E-state index contributed by atoms with van der Waals surface area (Å²) in [6, 6.07) is 3.59. The van der Waals surface area contributed by atoms with E-state index in [0.717, 1.165) is 25.3 Å². The molecule has 1 aliphatic carbocycles. The van der Waals surface area contributed by atoms with Crippen LogP contribution in [0.5, 0.6) is 0 Å². The third kappa shape index (κ3) is 4.50. The molecule has 122 valence electrons.